The number of rotatable bonds is 0. The van der Waals surface area contributed by atoms with Crippen LogP contribution in [0.25, 0.3) is 0 Å². The standard InChI is InChI=1S/C20H12N4.Be.2H/c1-2-14-10-16-5-6-18(23-16)12-20-8-7-19(24-20)11-17-4-3-15(22-17)9-13(1)21-14;;;/h1-12H;;;. The average Bonchev–Trinajstić information content (AvgIpc) is 3.32. The molecule has 0 unspecified atom stereocenters. The van der Waals surface area contributed by atoms with Crippen molar-refractivity contribution < 1.29 is 0 Å². The quantitative estimate of drug-likeness (QED) is 0.617. The molecule has 0 saturated carbocycles. The van der Waals surface area contributed by atoms with Crippen molar-refractivity contribution in [2.45, 2.75) is 0 Å². The summed E-state index contributed by atoms with van der Waals surface area (Å²) in [5.74, 6) is 0. The van der Waals surface area contributed by atoms with Gasteiger partial charge in [0.1, 0.15) is 0 Å². The number of allylic oxidation sites excluding steroid dienone is 12. The van der Waals surface area contributed by atoms with Crippen molar-refractivity contribution in [3.05, 3.63) is 95.7 Å². The van der Waals surface area contributed by atoms with Crippen LogP contribution in [-0.2, 0) is 0 Å². The van der Waals surface area contributed by atoms with E-state index in [4.69, 9.17) is 0 Å². The second-order valence-corrected chi connectivity index (χ2v) is 5.76. The van der Waals surface area contributed by atoms with E-state index in [0.717, 1.165) is 45.6 Å². The topological polar surface area (TPSA) is 49.4 Å². The molecule has 0 aromatic carbocycles. The van der Waals surface area contributed by atoms with Crippen molar-refractivity contribution in [3.63, 3.8) is 0 Å². The number of hydrogen-bond donors (Lipinski definition) is 0. The molecule has 5 rings (SSSR count). The van der Waals surface area contributed by atoms with Crippen LogP contribution in [0.4, 0.5) is 0 Å². The Morgan fingerprint density at radius 2 is 0.600 bits per heavy atom. The van der Waals surface area contributed by atoms with Crippen LogP contribution in [0.5, 0.6) is 0 Å². The van der Waals surface area contributed by atoms with Crippen LogP contribution in [-0.4, -0.2) is 33.0 Å². The second-order valence-electron chi connectivity index (χ2n) is 5.76. The van der Waals surface area contributed by atoms with Gasteiger partial charge < -0.3 is 0 Å². The molecule has 5 aliphatic rings. The van der Waals surface area contributed by atoms with Crippen LogP contribution < -0.4 is 0 Å². The molecular weight excluding hydrogens is 305 g/mol. The number of fused-ring (bicyclic) bond motifs is 4. The van der Waals surface area contributed by atoms with Crippen molar-refractivity contribution >= 4 is 33.0 Å². The zero-order chi connectivity index (χ0) is 15.9. The molecule has 5 heteroatoms. The zero-order valence-electron chi connectivity index (χ0n) is 12.7. The van der Waals surface area contributed by atoms with E-state index in [2.05, 4.69) is 20.0 Å². The first-order valence-corrected chi connectivity index (χ1v) is 7.74. The van der Waals surface area contributed by atoms with E-state index in [-0.39, 0.29) is 10.1 Å². The van der Waals surface area contributed by atoms with Crippen molar-refractivity contribution in [2.24, 2.45) is 20.0 Å². The van der Waals surface area contributed by atoms with Gasteiger partial charge in [-0.05, 0) is 72.9 Å². The Labute approximate surface area is 149 Å². The molecule has 0 amide bonds. The maximum absolute atomic E-state index is 4.59. The molecule has 0 atom stereocenters. The molecule has 25 heavy (non-hydrogen) atoms. The maximum atomic E-state index is 4.59. The van der Waals surface area contributed by atoms with Gasteiger partial charge in [-0.3, -0.25) is 0 Å². The van der Waals surface area contributed by atoms with Crippen LogP contribution in [0, 0.1) is 0 Å². The Morgan fingerprint density at radius 3 is 0.840 bits per heavy atom. The number of aliphatic imine (C=N–C) groups is 4. The summed E-state index contributed by atoms with van der Waals surface area (Å²) in [6.07, 6.45) is 23.8. The predicted molar refractivity (Wildman–Crippen MR) is 107 cm³/mol. The van der Waals surface area contributed by atoms with E-state index in [0.29, 0.717) is 0 Å². The minimum absolute atomic E-state index is 0. The van der Waals surface area contributed by atoms with Crippen LogP contribution in [0.15, 0.2) is 116 Å². The van der Waals surface area contributed by atoms with Crippen molar-refractivity contribution in [3.8, 4) is 0 Å². The molecule has 0 aliphatic carbocycles. The molecule has 0 aromatic rings. The Bertz CT molecular complexity index is 848. The summed E-state index contributed by atoms with van der Waals surface area (Å²) in [6.45, 7) is 0. The summed E-state index contributed by atoms with van der Waals surface area (Å²) < 4.78 is 0. The van der Waals surface area contributed by atoms with Gasteiger partial charge in [0.2, 0.25) is 0 Å². The van der Waals surface area contributed by atoms with Gasteiger partial charge in [-0.15, -0.1) is 0 Å². The molecule has 8 bridgehead atoms. The molecule has 0 saturated heterocycles. The van der Waals surface area contributed by atoms with Crippen LogP contribution in [0.3, 0.4) is 0 Å². The normalized spacial score (nSPS) is 21.8. The molecule has 0 radical (unpaired) electrons. The van der Waals surface area contributed by atoms with Gasteiger partial charge in [-0.2, -0.15) is 0 Å². The minimum atomic E-state index is 0. The van der Waals surface area contributed by atoms with E-state index in [1.54, 1.807) is 0 Å². The molecular formula is C20H14BeN4. The molecule has 0 spiro atoms. The zero-order valence-corrected chi connectivity index (χ0v) is 12.7. The average molecular weight is 319 g/mol. The molecule has 5 heterocycles. The SMILES string of the molecule is C1=CC2=NC1=CC1=NC(=CC3=NC(=CC4=NC(=C2)C=C4)C=C3)C=C1.[BeH2]. The van der Waals surface area contributed by atoms with Gasteiger partial charge in [0.25, 0.3) is 0 Å². The monoisotopic (exact) mass is 319 g/mol. The molecule has 116 valence electrons. The number of hydrogen-bond acceptors (Lipinski definition) is 4. The van der Waals surface area contributed by atoms with Gasteiger partial charge in [0.15, 0.2) is 0 Å². The first-order chi connectivity index (χ1) is 11.8. The molecule has 0 aromatic heterocycles. The van der Waals surface area contributed by atoms with Gasteiger partial charge >= 0.3 is 10.1 Å². The van der Waals surface area contributed by atoms with E-state index < -0.39 is 0 Å². The summed E-state index contributed by atoms with van der Waals surface area (Å²) in [7, 11) is 0. The van der Waals surface area contributed by atoms with Crippen LogP contribution in [0.1, 0.15) is 0 Å². The van der Waals surface area contributed by atoms with E-state index in [9.17, 15) is 0 Å². The molecule has 5 aliphatic heterocycles. The second kappa shape index (κ2) is 6.00. The third-order valence-corrected chi connectivity index (χ3v) is 3.92. The summed E-state index contributed by atoms with van der Waals surface area (Å²) in [4.78, 5) is 18.4. The molecule has 4 nitrogen and oxygen atoms in total. The Kier molecular flexibility index (Phi) is 3.68. The fourth-order valence-corrected chi connectivity index (χ4v) is 2.83. The van der Waals surface area contributed by atoms with E-state index >= 15 is 0 Å². The predicted octanol–water partition coefficient (Wildman–Crippen LogP) is 2.66. The van der Waals surface area contributed by atoms with E-state index in [1.807, 2.05) is 72.9 Å². The third-order valence-electron chi connectivity index (χ3n) is 3.92. The third kappa shape index (κ3) is 3.08. The summed E-state index contributed by atoms with van der Waals surface area (Å²) in [5, 5.41) is 0. The van der Waals surface area contributed by atoms with Gasteiger partial charge in [0.05, 0.1) is 45.6 Å². The van der Waals surface area contributed by atoms with Gasteiger partial charge in [-0.1, -0.05) is 0 Å². The van der Waals surface area contributed by atoms with Gasteiger partial charge in [-0.25, -0.2) is 20.0 Å². The first-order valence-electron chi connectivity index (χ1n) is 7.74. The van der Waals surface area contributed by atoms with Crippen molar-refractivity contribution in [1.82, 2.24) is 0 Å². The van der Waals surface area contributed by atoms with Gasteiger partial charge in [0, 0.05) is 0 Å². The van der Waals surface area contributed by atoms with Crippen molar-refractivity contribution in [2.75, 3.05) is 0 Å². The molecule has 0 N–H and O–H groups in total. The van der Waals surface area contributed by atoms with Crippen molar-refractivity contribution in [1.29, 1.82) is 0 Å². The fraction of sp³-hybridized carbons (Fsp3) is 0. The Balaban J connectivity index is 0.00000157. The number of nitrogens with zero attached hydrogens (tertiary/aromatic N) is 4. The summed E-state index contributed by atoms with van der Waals surface area (Å²) in [5.41, 5.74) is 7.15. The Hall–Kier alpha value is -3.23. The summed E-state index contributed by atoms with van der Waals surface area (Å²) in [6, 6.07) is 0. The molecule has 0 fully saturated rings. The fourth-order valence-electron chi connectivity index (χ4n) is 2.83. The van der Waals surface area contributed by atoms with E-state index in [1.165, 1.54) is 0 Å². The summed E-state index contributed by atoms with van der Waals surface area (Å²) >= 11 is 0. The van der Waals surface area contributed by atoms with Crippen LogP contribution in [0.2, 0.25) is 0 Å². The Morgan fingerprint density at radius 1 is 0.360 bits per heavy atom. The first kappa shape index (κ1) is 15.3. The van der Waals surface area contributed by atoms with Crippen LogP contribution >= 0.6 is 0 Å².